The maximum atomic E-state index is 12.7. The number of hydrogen-bond donors (Lipinski definition) is 2. The van der Waals surface area contributed by atoms with E-state index in [0.29, 0.717) is 28.8 Å². The maximum absolute atomic E-state index is 12.7. The van der Waals surface area contributed by atoms with Crippen molar-refractivity contribution in [1.82, 2.24) is 9.97 Å². The van der Waals surface area contributed by atoms with Crippen LogP contribution in [0.25, 0.3) is 0 Å². The van der Waals surface area contributed by atoms with E-state index in [4.69, 9.17) is 9.47 Å². The number of carbonyl (C=O) groups excluding carboxylic acids is 1. The van der Waals surface area contributed by atoms with Crippen molar-refractivity contribution in [2.45, 2.75) is 20.3 Å². The Morgan fingerprint density at radius 2 is 1.89 bits per heavy atom. The summed E-state index contributed by atoms with van der Waals surface area (Å²) in [6, 6.07) is 14.9. The van der Waals surface area contributed by atoms with Crippen molar-refractivity contribution in [2.75, 3.05) is 17.4 Å². The van der Waals surface area contributed by atoms with Crippen LogP contribution in [0.5, 0.6) is 11.5 Å². The molecule has 0 aliphatic carbocycles. The number of benzene rings is 2. The first-order valence-corrected chi connectivity index (χ1v) is 9.04. The summed E-state index contributed by atoms with van der Waals surface area (Å²) in [5, 5.41) is 6.05. The molecule has 7 heteroatoms. The molecule has 28 heavy (non-hydrogen) atoms. The normalized spacial score (nSPS) is 11.9. The molecule has 1 aliphatic heterocycles. The van der Waals surface area contributed by atoms with E-state index in [9.17, 15) is 4.79 Å². The molecule has 0 fully saturated rings. The lowest BCUT2D eigenvalue weighted by Gasteiger charge is -2.11. The van der Waals surface area contributed by atoms with Crippen molar-refractivity contribution in [1.29, 1.82) is 0 Å². The number of rotatable bonds is 5. The second kappa shape index (κ2) is 7.56. The Bertz CT molecular complexity index is 1040. The van der Waals surface area contributed by atoms with Gasteiger partial charge in [0.2, 0.25) is 12.7 Å². The third kappa shape index (κ3) is 3.73. The predicted octanol–water partition coefficient (Wildman–Crippen LogP) is 4.07. The van der Waals surface area contributed by atoms with E-state index in [1.807, 2.05) is 56.3 Å². The van der Waals surface area contributed by atoms with E-state index in [0.717, 1.165) is 23.4 Å². The Morgan fingerprint density at radius 3 is 2.75 bits per heavy atom. The molecule has 0 bridgehead atoms. The predicted molar refractivity (Wildman–Crippen MR) is 106 cm³/mol. The van der Waals surface area contributed by atoms with Crippen LogP contribution in [0.1, 0.15) is 28.7 Å². The van der Waals surface area contributed by atoms with Gasteiger partial charge in [-0.15, -0.1) is 0 Å². The zero-order valence-corrected chi connectivity index (χ0v) is 15.7. The molecular weight excluding hydrogens is 356 g/mol. The summed E-state index contributed by atoms with van der Waals surface area (Å²) in [5.41, 5.74) is 3.59. The zero-order chi connectivity index (χ0) is 19.5. The minimum absolute atomic E-state index is 0.212. The summed E-state index contributed by atoms with van der Waals surface area (Å²) < 4.78 is 10.7. The number of carbonyl (C=O) groups is 1. The van der Waals surface area contributed by atoms with E-state index in [1.54, 1.807) is 6.07 Å². The van der Waals surface area contributed by atoms with Gasteiger partial charge in [0.15, 0.2) is 11.5 Å². The minimum atomic E-state index is -0.278. The molecule has 2 N–H and O–H groups in total. The lowest BCUT2D eigenvalue weighted by molar-refractivity contribution is 0.102. The number of hydrogen-bond acceptors (Lipinski definition) is 6. The lowest BCUT2D eigenvalue weighted by Crippen LogP contribution is -2.16. The Labute approximate surface area is 162 Å². The molecule has 2 heterocycles. The van der Waals surface area contributed by atoms with E-state index < -0.39 is 0 Å². The monoisotopic (exact) mass is 376 g/mol. The number of nitrogens with zero attached hydrogens (tertiary/aromatic N) is 2. The van der Waals surface area contributed by atoms with Gasteiger partial charge in [-0.2, -0.15) is 0 Å². The molecule has 1 aliphatic rings. The number of fused-ring (bicyclic) bond motifs is 1. The van der Waals surface area contributed by atoms with Gasteiger partial charge in [0.25, 0.3) is 5.91 Å². The third-order valence-corrected chi connectivity index (χ3v) is 4.36. The molecule has 2 aromatic carbocycles. The van der Waals surface area contributed by atoms with Gasteiger partial charge >= 0.3 is 0 Å². The van der Waals surface area contributed by atoms with E-state index >= 15 is 0 Å². The van der Waals surface area contributed by atoms with E-state index in [-0.39, 0.29) is 12.7 Å². The minimum Gasteiger partial charge on any atom is -0.454 e. The summed E-state index contributed by atoms with van der Waals surface area (Å²) >= 11 is 0. The van der Waals surface area contributed by atoms with Crippen molar-refractivity contribution in [2.24, 2.45) is 0 Å². The zero-order valence-electron chi connectivity index (χ0n) is 15.7. The van der Waals surface area contributed by atoms with Gasteiger partial charge < -0.3 is 20.1 Å². The quantitative estimate of drug-likeness (QED) is 0.698. The summed E-state index contributed by atoms with van der Waals surface area (Å²) in [5.74, 6) is 1.42. The molecule has 0 radical (unpaired) electrons. The van der Waals surface area contributed by atoms with Crippen LogP contribution in [0.4, 0.5) is 17.3 Å². The highest BCUT2D eigenvalue weighted by atomic mass is 16.7. The van der Waals surface area contributed by atoms with Crippen LogP contribution in [0.2, 0.25) is 0 Å². The number of ether oxygens (including phenoxy) is 2. The molecule has 7 nitrogen and oxygen atoms in total. The van der Waals surface area contributed by atoms with Gasteiger partial charge in [-0.25, -0.2) is 9.97 Å². The molecule has 0 saturated carbocycles. The fraction of sp³-hybridized carbons (Fsp3) is 0.190. The van der Waals surface area contributed by atoms with Crippen LogP contribution in [-0.2, 0) is 6.42 Å². The molecule has 0 atom stereocenters. The highest BCUT2D eigenvalue weighted by Crippen LogP contribution is 2.34. The van der Waals surface area contributed by atoms with Crippen LogP contribution in [0, 0.1) is 6.92 Å². The topological polar surface area (TPSA) is 85.4 Å². The largest absolute Gasteiger partial charge is 0.454 e. The van der Waals surface area contributed by atoms with Gasteiger partial charge in [-0.05, 0) is 43.2 Å². The van der Waals surface area contributed by atoms with Crippen LogP contribution in [0.3, 0.4) is 0 Å². The van der Waals surface area contributed by atoms with Crippen molar-refractivity contribution in [3.63, 3.8) is 0 Å². The second-order valence-corrected chi connectivity index (χ2v) is 6.38. The van der Waals surface area contributed by atoms with E-state index in [2.05, 4.69) is 20.6 Å². The average Bonchev–Trinajstić information content (AvgIpc) is 3.16. The van der Waals surface area contributed by atoms with Crippen molar-refractivity contribution in [3.8, 4) is 11.5 Å². The molecular formula is C21H20N4O3. The molecule has 0 spiro atoms. The first kappa shape index (κ1) is 17.8. The summed E-state index contributed by atoms with van der Waals surface area (Å²) in [4.78, 5) is 21.5. The van der Waals surface area contributed by atoms with Gasteiger partial charge in [0.05, 0.1) is 0 Å². The molecule has 1 aromatic heterocycles. The number of anilines is 3. The summed E-state index contributed by atoms with van der Waals surface area (Å²) in [7, 11) is 0. The molecule has 0 unspecified atom stereocenters. The SMILES string of the molecule is CCc1ccccc1NC(=O)c1cc(C)nc(Nc2ccc3c(c2)OCO3)n1. The second-order valence-electron chi connectivity index (χ2n) is 6.38. The van der Waals surface area contributed by atoms with Crippen molar-refractivity contribution in [3.05, 3.63) is 65.5 Å². The number of nitrogens with one attached hydrogen (secondary N) is 2. The van der Waals surface area contributed by atoms with Crippen LogP contribution in [-0.4, -0.2) is 22.7 Å². The van der Waals surface area contributed by atoms with Crippen LogP contribution >= 0.6 is 0 Å². The maximum Gasteiger partial charge on any atom is 0.274 e. The third-order valence-electron chi connectivity index (χ3n) is 4.36. The summed E-state index contributed by atoms with van der Waals surface area (Å²) in [6.45, 7) is 4.08. The first-order chi connectivity index (χ1) is 13.6. The number of aromatic nitrogens is 2. The smallest absolute Gasteiger partial charge is 0.274 e. The van der Waals surface area contributed by atoms with Gasteiger partial charge in [0, 0.05) is 23.1 Å². The van der Waals surface area contributed by atoms with Crippen molar-refractivity contribution >= 4 is 23.2 Å². The fourth-order valence-corrected chi connectivity index (χ4v) is 2.98. The fourth-order valence-electron chi connectivity index (χ4n) is 2.98. The number of aryl methyl sites for hydroxylation is 2. The van der Waals surface area contributed by atoms with E-state index in [1.165, 1.54) is 0 Å². The number of amides is 1. The summed E-state index contributed by atoms with van der Waals surface area (Å²) in [6.07, 6.45) is 0.830. The Kier molecular flexibility index (Phi) is 4.80. The molecule has 4 rings (SSSR count). The standard InChI is InChI=1S/C21H20N4O3/c1-3-14-6-4-5-7-16(14)24-20(26)17-10-13(2)22-21(25-17)23-15-8-9-18-19(11-15)28-12-27-18/h4-11H,3,12H2,1-2H3,(H,24,26)(H,22,23,25). The Morgan fingerprint density at radius 1 is 1.07 bits per heavy atom. The Balaban J connectivity index is 1.56. The Hall–Kier alpha value is -3.61. The number of para-hydroxylation sites is 1. The molecule has 3 aromatic rings. The van der Waals surface area contributed by atoms with Crippen molar-refractivity contribution < 1.29 is 14.3 Å². The van der Waals surface area contributed by atoms with Crippen LogP contribution in [0.15, 0.2) is 48.5 Å². The molecule has 0 saturated heterocycles. The van der Waals surface area contributed by atoms with Crippen LogP contribution < -0.4 is 20.1 Å². The molecule has 142 valence electrons. The van der Waals surface area contributed by atoms with Gasteiger partial charge in [-0.3, -0.25) is 4.79 Å². The highest BCUT2D eigenvalue weighted by Gasteiger charge is 2.15. The first-order valence-electron chi connectivity index (χ1n) is 9.04. The highest BCUT2D eigenvalue weighted by molar-refractivity contribution is 6.03. The van der Waals surface area contributed by atoms with Gasteiger partial charge in [-0.1, -0.05) is 25.1 Å². The molecule has 1 amide bonds. The lowest BCUT2D eigenvalue weighted by atomic mass is 10.1. The van der Waals surface area contributed by atoms with Gasteiger partial charge in [0.1, 0.15) is 5.69 Å². The average molecular weight is 376 g/mol.